The number of carbonyl (C=O) groups is 2. The van der Waals surface area contributed by atoms with Crippen LogP contribution >= 0.6 is 11.3 Å². The van der Waals surface area contributed by atoms with Gasteiger partial charge in [-0.05, 0) is 6.42 Å². The summed E-state index contributed by atoms with van der Waals surface area (Å²) < 4.78 is 0. The summed E-state index contributed by atoms with van der Waals surface area (Å²) in [5.41, 5.74) is 0. The smallest absolute Gasteiger partial charge is 0.226 e. The SMILES string of the molecule is CCCC(=O)Nc1ncc(CC=O)s1. The van der Waals surface area contributed by atoms with E-state index in [0.29, 0.717) is 18.0 Å². The maximum absolute atomic E-state index is 11.2. The van der Waals surface area contributed by atoms with E-state index >= 15 is 0 Å². The average Bonchev–Trinajstić information content (AvgIpc) is 2.53. The summed E-state index contributed by atoms with van der Waals surface area (Å²) in [6.07, 6.45) is 4.12. The van der Waals surface area contributed by atoms with E-state index in [2.05, 4.69) is 10.3 Å². The average molecular weight is 212 g/mol. The Morgan fingerprint density at radius 3 is 3.14 bits per heavy atom. The molecule has 1 aromatic heterocycles. The lowest BCUT2D eigenvalue weighted by Crippen LogP contribution is -2.09. The molecule has 0 atom stereocenters. The van der Waals surface area contributed by atoms with Crippen molar-refractivity contribution in [2.45, 2.75) is 26.2 Å². The second-order valence-electron chi connectivity index (χ2n) is 2.80. The minimum absolute atomic E-state index is 0.0282. The summed E-state index contributed by atoms with van der Waals surface area (Å²) >= 11 is 1.34. The summed E-state index contributed by atoms with van der Waals surface area (Å²) in [4.78, 5) is 26.2. The van der Waals surface area contributed by atoms with Crippen molar-refractivity contribution in [3.05, 3.63) is 11.1 Å². The Hall–Kier alpha value is -1.23. The molecule has 76 valence electrons. The lowest BCUT2D eigenvalue weighted by atomic mass is 10.3. The molecule has 0 fully saturated rings. The molecule has 0 unspecified atom stereocenters. The number of hydrogen-bond donors (Lipinski definition) is 1. The molecule has 14 heavy (non-hydrogen) atoms. The Bertz CT molecular complexity index is 322. The van der Waals surface area contributed by atoms with Crippen molar-refractivity contribution in [2.24, 2.45) is 0 Å². The second kappa shape index (κ2) is 5.49. The second-order valence-corrected chi connectivity index (χ2v) is 3.92. The number of hydrogen-bond acceptors (Lipinski definition) is 4. The molecular formula is C9H12N2O2S. The molecule has 0 aliphatic rings. The van der Waals surface area contributed by atoms with Crippen LogP contribution in [0, 0.1) is 0 Å². The van der Waals surface area contributed by atoms with Gasteiger partial charge in [-0.25, -0.2) is 4.98 Å². The highest BCUT2D eigenvalue weighted by Gasteiger charge is 2.04. The molecule has 0 aromatic carbocycles. The van der Waals surface area contributed by atoms with Crippen molar-refractivity contribution in [1.82, 2.24) is 4.98 Å². The largest absolute Gasteiger partial charge is 0.303 e. The Kier molecular flexibility index (Phi) is 4.25. The molecule has 1 N–H and O–H groups in total. The zero-order valence-electron chi connectivity index (χ0n) is 7.95. The number of anilines is 1. The van der Waals surface area contributed by atoms with Crippen LogP contribution in [0.5, 0.6) is 0 Å². The van der Waals surface area contributed by atoms with Crippen LogP contribution in [0.1, 0.15) is 24.6 Å². The van der Waals surface area contributed by atoms with E-state index in [-0.39, 0.29) is 5.91 Å². The third-order valence-electron chi connectivity index (χ3n) is 1.56. The Morgan fingerprint density at radius 2 is 2.50 bits per heavy atom. The van der Waals surface area contributed by atoms with Gasteiger partial charge in [-0.1, -0.05) is 6.92 Å². The predicted molar refractivity (Wildman–Crippen MR) is 55.4 cm³/mol. The lowest BCUT2D eigenvalue weighted by Gasteiger charge is -1.97. The molecule has 1 rings (SSSR count). The minimum atomic E-state index is -0.0282. The number of aldehydes is 1. The molecular weight excluding hydrogens is 200 g/mol. The molecule has 0 radical (unpaired) electrons. The zero-order chi connectivity index (χ0) is 10.4. The summed E-state index contributed by atoms with van der Waals surface area (Å²) in [6.45, 7) is 1.94. The highest BCUT2D eigenvalue weighted by molar-refractivity contribution is 7.15. The van der Waals surface area contributed by atoms with E-state index in [4.69, 9.17) is 0 Å². The van der Waals surface area contributed by atoms with Gasteiger partial charge in [0.25, 0.3) is 0 Å². The molecule has 0 saturated heterocycles. The molecule has 5 heteroatoms. The standard InChI is InChI=1S/C9H12N2O2S/c1-2-3-8(13)11-9-10-6-7(14-9)4-5-12/h5-6H,2-4H2,1H3,(H,10,11,13). The zero-order valence-corrected chi connectivity index (χ0v) is 8.76. The van der Waals surface area contributed by atoms with Gasteiger partial charge in [0.05, 0.1) is 0 Å². The molecule has 0 aliphatic carbocycles. The van der Waals surface area contributed by atoms with Crippen molar-refractivity contribution in [3.63, 3.8) is 0 Å². The van der Waals surface area contributed by atoms with Crippen LogP contribution < -0.4 is 5.32 Å². The van der Waals surface area contributed by atoms with E-state index in [1.54, 1.807) is 6.20 Å². The van der Waals surface area contributed by atoms with Crippen molar-refractivity contribution in [1.29, 1.82) is 0 Å². The van der Waals surface area contributed by atoms with Crippen LogP contribution in [-0.2, 0) is 16.0 Å². The van der Waals surface area contributed by atoms with Crippen LogP contribution in [0.25, 0.3) is 0 Å². The highest BCUT2D eigenvalue weighted by atomic mass is 32.1. The molecule has 0 aliphatic heterocycles. The molecule has 1 heterocycles. The quantitative estimate of drug-likeness (QED) is 0.754. The van der Waals surface area contributed by atoms with Gasteiger partial charge >= 0.3 is 0 Å². The maximum atomic E-state index is 11.2. The molecule has 4 nitrogen and oxygen atoms in total. The van der Waals surface area contributed by atoms with Gasteiger partial charge in [-0.3, -0.25) is 4.79 Å². The van der Waals surface area contributed by atoms with Crippen molar-refractivity contribution < 1.29 is 9.59 Å². The summed E-state index contributed by atoms with van der Waals surface area (Å²) in [5.74, 6) is -0.0282. The normalized spacial score (nSPS) is 9.79. The molecule has 0 saturated carbocycles. The minimum Gasteiger partial charge on any atom is -0.303 e. The lowest BCUT2D eigenvalue weighted by molar-refractivity contribution is -0.116. The molecule has 0 spiro atoms. The first kappa shape index (κ1) is 10.8. The molecule has 0 bridgehead atoms. The fourth-order valence-corrected chi connectivity index (χ4v) is 1.73. The van der Waals surface area contributed by atoms with Gasteiger partial charge in [0, 0.05) is 23.9 Å². The van der Waals surface area contributed by atoms with E-state index in [1.807, 2.05) is 6.92 Å². The van der Waals surface area contributed by atoms with E-state index < -0.39 is 0 Å². The Morgan fingerprint density at radius 1 is 1.71 bits per heavy atom. The van der Waals surface area contributed by atoms with Gasteiger partial charge in [0.15, 0.2) is 5.13 Å². The van der Waals surface area contributed by atoms with Crippen molar-refractivity contribution in [3.8, 4) is 0 Å². The molecule has 1 aromatic rings. The van der Waals surface area contributed by atoms with E-state index in [9.17, 15) is 9.59 Å². The van der Waals surface area contributed by atoms with E-state index in [1.165, 1.54) is 11.3 Å². The number of rotatable bonds is 5. The fourth-order valence-electron chi connectivity index (χ4n) is 0.951. The van der Waals surface area contributed by atoms with E-state index in [0.717, 1.165) is 17.6 Å². The number of nitrogens with zero attached hydrogens (tertiary/aromatic N) is 1. The third kappa shape index (κ3) is 3.26. The third-order valence-corrected chi connectivity index (χ3v) is 2.50. The number of thiazole rings is 1. The number of aromatic nitrogens is 1. The Balaban J connectivity index is 2.50. The van der Waals surface area contributed by atoms with Crippen LogP contribution in [-0.4, -0.2) is 17.2 Å². The first-order valence-corrected chi connectivity index (χ1v) is 5.26. The highest BCUT2D eigenvalue weighted by Crippen LogP contribution is 2.18. The summed E-state index contributed by atoms with van der Waals surface area (Å²) in [7, 11) is 0. The number of amides is 1. The first-order valence-electron chi connectivity index (χ1n) is 4.44. The van der Waals surface area contributed by atoms with Crippen LogP contribution in [0.4, 0.5) is 5.13 Å². The predicted octanol–water partition coefficient (Wildman–Crippen LogP) is 1.62. The Labute approximate surface area is 86.4 Å². The summed E-state index contributed by atoms with van der Waals surface area (Å²) in [6, 6.07) is 0. The molecule has 1 amide bonds. The van der Waals surface area contributed by atoms with Crippen LogP contribution in [0.15, 0.2) is 6.20 Å². The maximum Gasteiger partial charge on any atom is 0.226 e. The van der Waals surface area contributed by atoms with Gasteiger partial charge < -0.3 is 10.1 Å². The topological polar surface area (TPSA) is 59.1 Å². The van der Waals surface area contributed by atoms with Crippen molar-refractivity contribution in [2.75, 3.05) is 5.32 Å². The number of nitrogens with one attached hydrogen (secondary N) is 1. The van der Waals surface area contributed by atoms with Crippen molar-refractivity contribution >= 4 is 28.7 Å². The van der Waals surface area contributed by atoms with Crippen LogP contribution in [0.2, 0.25) is 0 Å². The fraction of sp³-hybridized carbons (Fsp3) is 0.444. The van der Waals surface area contributed by atoms with Gasteiger partial charge in [0.2, 0.25) is 5.91 Å². The first-order chi connectivity index (χ1) is 6.76. The van der Waals surface area contributed by atoms with Gasteiger partial charge in [0.1, 0.15) is 6.29 Å². The summed E-state index contributed by atoms with van der Waals surface area (Å²) in [5, 5.41) is 3.24. The van der Waals surface area contributed by atoms with Crippen LogP contribution in [0.3, 0.4) is 0 Å². The van der Waals surface area contributed by atoms with Gasteiger partial charge in [-0.15, -0.1) is 11.3 Å². The number of carbonyl (C=O) groups excluding carboxylic acids is 2. The van der Waals surface area contributed by atoms with Gasteiger partial charge in [-0.2, -0.15) is 0 Å². The monoisotopic (exact) mass is 212 g/mol.